The maximum atomic E-state index is 13.0. The minimum atomic E-state index is -3.76. The maximum absolute atomic E-state index is 13.0. The van der Waals surface area contributed by atoms with E-state index in [0.29, 0.717) is 31.7 Å². The third-order valence-electron chi connectivity index (χ3n) is 6.06. The second-order valence-corrected chi connectivity index (χ2v) is 10.1. The molecule has 0 radical (unpaired) electrons. The van der Waals surface area contributed by atoms with E-state index in [-0.39, 0.29) is 28.6 Å². The lowest BCUT2D eigenvalue weighted by atomic mass is 10.1. The molecule has 0 atom stereocenters. The Labute approximate surface area is 183 Å². The van der Waals surface area contributed by atoms with Crippen molar-refractivity contribution in [2.75, 3.05) is 46.4 Å². The van der Waals surface area contributed by atoms with Gasteiger partial charge in [0.2, 0.25) is 10.0 Å². The van der Waals surface area contributed by atoms with Crippen molar-refractivity contribution in [1.82, 2.24) is 19.4 Å². The van der Waals surface area contributed by atoms with Gasteiger partial charge in [-0.25, -0.2) is 17.9 Å². The molecule has 170 valence electrons. The van der Waals surface area contributed by atoms with Gasteiger partial charge in [-0.2, -0.15) is 0 Å². The molecule has 10 heteroatoms. The molecule has 1 aromatic rings. The van der Waals surface area contributed by atoms with Gasteiger partial charge in [0, 0.05) is 50.9 Å². The smallest absolute Gasteiger partial charge is 0.320 e. The van der Waals surface area contributed by atoms with Gasteiger partial charge in [0.1, 0.15) is 10.6 Å². The second kappa shape index (κ2) is 9.04. The van der Waals surface area contributed by atoms with Crippen LogP contribution in [0.15, 0.2) is 23.1 Å². The minimum absolute atomic E-state index is 0.0216. The van der Waals surface area contributed by atoms with Crippen LogP contribution in [0.2, 0.25) is 0 Å². The molecule has 0 unspecified atom stereocenters. The predicted octanol–water partition coefficient (Wildman–Crippen LogP) is 1.50. The highest BCUT2D eigenvalue weighted by molar-refractivity contribution is 7.89. The Morgan fingerprint density at radius 1 is 0.935 bits per heavy atom. The number of piperazine rings is 1. The van der Waals surface area contributed by atoms with Gasteiger partial charge < -0.3 is 19.4 Å². The van der Waals surface area contributed by atoms with Gasteiger partial charge in [-0.1, -0.05) is 0 Å². The quantitative estimate of drug-likeness (QED) is 0.733. The average molecular weight is 451 g/mol. The molecule has 3 amide bonds. The van der Waals surface area contributed by atoms with Gasteiger partial charge in [0.25, 0.3) is 5.91 Å². The lowest BCUT2D eigenvalue weighted by Gasteiger charge is -2.38. The summed E-state index contributed by atoms with van der Waals surface area (Å²) >= 11 is 0. The van der Waals surface area contributed by atoms with Crippen molar-refractivity contribution >= 4 is 22.0 Å². The summed E-state index contributed by atoms with van der Waals surface area (Å²) in [6.07, 6.45) is 4.90. The van der Waals surface area contributed by atoms with Crippen molar-refractivity contribution in [1.29, 1.82) is 0 Å². The number of sulfonamides is 1. The Kier molecular flexibility index (Phi) is 6.38. The lowest BCUT2D eigenvalue weighted by Crippen LogP contribution is -2.54. The highest BCUT2D eigenvalue weighted by atomic mass is 32.2. The fourth-order valence-corrected chi connectivity index (χ4v) is 5.57. The number of hydrogen-bond acceptors (Lipinski definition) is 5. The second-order valence-electron chi connectivity index (χ2n) is 8.37. The first-order valence-electron chi connectivity index (χ1n) is 10.9. The fraction of sp³-hybridized carbons (Fsp3) is 0.619. The summed E-state index contributed by atoms with van der Waals surface area (Å²) in [4.78, 5) is 31.1. The van der Waals surface area contributed by atoms with E-state index in [4.69, 9.17) is 4.74 Å². The molecule has 1 saturated carbocycles. The summed E-state index contributed by atoms with van der Waals surface area (Å²) < 4.78 is 33.3. The number of amides is 3. The number of rotatable bonds is 5. The van der Waals surface area contributed by atoms with Crippen LogP contribution in [0, 0.1) is 0 Å². The first-order chi connectivity index (χ1) is 14.9. The van der Waals surface area contributed by atoms with Crippen LogP contribution in [0.3, 0.4) is 0 Å². The predicted molar refractivity (Wildman–Crippen MR) is 115 cm³/mol. The van der Waals surface area contributed by atoms with Crippen molar-refractivity contribution in [3.8, 4) is 5.75 Å². The molecule has 2 saturated heterocycles. The number of piperidine rings is 1. The molecule has 4 rings (SSSR count). The van der Waals surface area contributed by atoms with Gasteiger partial charge in [0.15, 0.2) is 0 Å². The van der Waals surface area contributed by atoms with Crippen LogP contribution in [-0.2, 0) is 10.0 Å². The number of nitrogens with one attached hydrogen (secondary N) is 1. The molecule has 2 heterocycles. The highest BCUT2D eigenvalue weighted by Crippen LogP contribution is 2.29. The summed E-state index contributed by atoms with van der Waals surface area (Å²) in [6.45, 7) is 3.41. The molecule has 1 aromatic carbocycles. The Morgan fingerprint density at radius 2 is 1.55 bits per heavy atom. The summed E-state index contributed by atoms with van der Waals surface area (Å²) in [7, 11) is -2.35. The third kappa shape index (κ3) is 4.95. The number of urea groups is 1. The topological polar surface area (TPSA) is 99.3 Å². The molecule has 1 aliphatic carbocycles. The van der Waals surface area contributed by atoms with Crippen LogP contribution in [0.4, 0.5) is 4.79 Å². The van der Waals surface area contributed by atoms with Crippen molar-refractivity contribution in [2.45, 2.75) is 43.0 Å². The molecular formula is C21H30N4O5S. The number of carbonyl (C=O) groups is 2. The molecular weight excluding hydrogens is 420 g/mol. The van der Waals surface area contributed by atoms with E-state index < -0.39 is 10.0 Å². The van der Waals surface area contributed by atoms with Gasteiger partial charge in [-0.05, 0) is 50.3 Å². The monoisotopic (exact) mass is 450 g/mol. The number of benzene rings is 1. The third-order valence-corrected chi connectivity index (χ3v) is 7.60. The summed E-state index contributed by atoms with van der Waals surface area (Å²) in [5, 5.41) is 0. The molecule has 3 fully saturated rings. The Bertz CT molecular complexity index is 933. The molecule has 1 N–H and O–H groups in total. The van der Waals surface area contributed by atoms with Crippen molar-refractivity contribution in [2.24, 2.45) is 0 Å². The molecule has 3 aliphatic rings. The normalized spacial score (nSPS) is 20.0. The first-order valence-corrected chi connectivity index (χ1v) is 12.4. The van der Waals surface area contributed by atoms with Gasteiger partial charge in [-0.3, -0.25) is 4.79 Å². The number of carbonyl (C=O) groups excluding carboxylic acids is 2. The van der Waals surface area contributed by atoms with Gasteiger partial charge in [0.05, 0.1) is 7.11 Å². The zero-order chi connectivity index (χ0) is 22.0. The number of nitrogens with zero attached hydrogens (tertiary/aromatic N) is 3. The number of ether oxygens (including phenoxy) is 1. The van der Waals surface area contributed by atoms with Crippen molar-refractivity contribution in [3.05, 3.63) is 23.8 Å². The van der Waals surface area contributed by atoms with E-state index in [9.17, 15) is 18.0 Å². The van der Waals surface area contributed by atoms with Crippen LogP contribution in [0.25, 0.3) is 0 Å². The molecule has 0 spiro atoms. The van der Waals surface area contributed by atoms with Crippen LogP contribution in [0.5, 0.6) is 5.75 Å². The maximum Gasteiger partial charge on any atom is 0.320 e. The van der Waals surface area contributed by atoms with Crippen molar-refractivity contribution in [3.63, 3.8) is 0 Å². The van der Waals surface area contributed by atoms with Gasteiger partial charge >= 0.3 is 6.03 Å². The highest BCUT2D eigenvalue weighted by Gasteiger charge is 2.32. The van der Waals surface area contributed by atoms with Gasteiger partial charge in [-0.15, -0.1) is 0 Å². The SMILES string of the molecule is COc1ccc(C(=O)N2CCN(C(=O)N3CCCCC3)CC2)cc1S(=O)(=O)NC1CC1. The molecule has 0 aromatic heterocycles. The Morgan fingerprint density at radius 3 is 2.16 bits per heavy atom. The first kappa shape index (κ1) is 21.9. The van der Waals surface area contributed by atoms with Crippen LogP contribution in [0.1, 0.15) is 42.5 Å². The zero-order valence-electron chi connectivity index (χ0n) is 17.9. The number of methoxy groups -OCH3 is 1. The van der Waals surface area contributed by atoms with Crippen molar-refractivity contribution < 1.29 is 22.7 Å². The lowest BCUT2D eigenvalue weighted by molar-refractivity contribution is 0.0632. The fourth-order valence-electron chi connectivity index (χ4n) is 4.07. The van der Waals surface area contributed by atoms with Crippen LogP contribution < -0.4 is 9.46 Å². The Hall–Kier alpha value is -2.33. The van der Waals surface area contributed by atoms with E-state index in [2.05, 4.69) is 4.72 Å². The molecule has 2 aliphatic heterocycles. The molecule has 9 nitrogen and oxygen atoms in total. The van der Waals surface area contributed by atoms with E-state index in [1.54, 1.807) is 15.9 Å². The average Bonchev–Trinajstić information content (AvgIpc) is 3.61. The van der Waals surface area contributed by atoms with E-state index in [1.807, 2.05) is 4.90 Å². The van der Waals surface area contributed by atoms with E-state index in [0.717, 1.165) is 38.8 Å². The van der Waals surface area contributed by atoms with Crippen LogP contribution >= 0.6 is 0 Å². The standard InChI is InChI=1S/C21H30N4O5S/c1-30-18-8-5-16(15-19(18)31(28,29)22-17-6-7-17)20(26)23-11-13-25(14-12-23)21(27)24-9-3-2-4-10-24/h5,8,15,17,22H,2-4,6-7,9-14H2,1H3. The molecule has 0 bridgehead atoms. The summed E-state index contributed by atoms with van der Waals surface area (Å²) in [6, 6.07) is 4.50. The van der Waals surface area contributed by atoms with E-state index >= 15 is 0 Å². The zero-order valence-corrected chi connectivity index (χ0v) is 18.7. The summed E-state index contributed by atoms with van der Waals surface area (Å²) in [5.74, 6) is -0.0303. The number of likely N-dealkylation sites (tertiary alicyclic amines) is 1. The Balaban J connectivity index is 1.42. The largest absolute Gasteiger partial charge is 0.495 e. The number of hydrogen-bond donors (Lipinski definition) is 1. The van der Waals surface area contributed by atoms with E-state index in [1.165, 1.54) is 25.7 Å². The minimum Gasteiger partial charge on any atom is -0.495 e. The van der Waals surface area contributed by atoms with Crippen LogP contribution in [-0.4, -0.2) is 87.5 Å². The summed E-state index contributed by atoms with van der Waals surface area (Å²) in [5.41, 5.74) is 0.299. The molecule has 31 heavy (non-hydrogen) atoms.